The molecule has 0 bridgehead atoms. The summed E-state index contributed by atoms with van der Waals surface area (Å²) in [5.41, 5.74) is 2.17. The molecule has 6 heteroatoms. The van der Waals surface area contributed by atoms with Gasteiger partial charge in [-0.3, -0.25) is 4.79 Å². The molecule has 2 aromatic rings. The van der Waals surface area contributed by atoms with Crippen molar-refractivity contribution in [2.45, 2.75) is 19.4 Å². The van der Waals surface area contributed by atoms with Crippen molar-refractivity contribution < 1.29 is 9.59 Å². The van der Waals surface area contributed by atoms with Gasteiger partial charge in [-0.2, -0.15) is 0 Å². The fourth-order valence-corrected chi connectivity index (χ4v) is 3.03. The number of carbonyl (C=O) groups excluding carboxylic acids is 2. The summed E-state index contributed by atoms with van der Waals surface area (Å²) >= 11 is 5.89. The smallest absolute Gasteiger partial charge is 0.319 e. The van der Waals surface area contributed by atoms with Crippen molar-refractivity contribution in [2.75, 3.05) is 18.4 Å². The highest BCUT2D eigenvalue weighted by Crippen LogP contribution is 2.15. The number of halogens is 1. The normalized spacial score (nSPS) is 13.6. The molecule has 0 saturated carbocycles. The Morgan fingerprint density at radius 2 is 1.80 bits per heavy atom. The predicted octanol–water partition coefficient (Wildman–Crippen LogP) is 3.90. The average Bonchev–Trinajstić information content (AvgIpc) is 3.14. The second-order valence-corrected chi connectivity index (χ2v) is 6.45. The van der Waals surface area contributed by atoms with Crippen molar-refractivity contribution in [3.8, 4) is 0 Å². The van der Waals surface area contributed by atoms with Crippen LogP contribution in [0.2, 0.25) is 5.02 Å². The van der Waals surface area contributed by atoms with Crippen molar-refractivity contribution in [3.63, 3.8) is 0 Å². The minimum absolute atomic E-state index is 0.0581. The summed E-state index contributed by atoms with van der Waals surface area (Å²) in [5.74, 6) is 0.0581. The van der Waals surface area contributed by atoms with Crippen molar-refractivity contribution in [2.24, 2.45) is 0 Å². The molecular formula is C19H20ClN3O2. The monoisotopic (exact) mass is 357 g/mol. The zero-order valence-corrected chi connectivity index (χ0v) is 14.6. The lowest BCUT2D eigenvalue weighted by molar-refractivity contribution is 0.0792. The van der Waals surface area contributed by atoms with Crippen LogP contribution < -0.4 is 10.6 Å². The first-order valence-electron chi connectivity index (χ1n) is 8.30. The van der Waals surface area contributed by atoms with E-state index in [9.17, 15) is 9.59 Å². The van der Waals surface area contributed by atoms with Crippen LogP contribution >= 0.6 is 11.6 Å². The van der Waals surface area contributed by atoms with E-state index in [2.05, 4.69) is 10.6 Å². The highest BCUT2D eigenvalue weighted by Gasteiger charge is 2.19. The number of likely N-dealkylation sites (tertiary alicyclic amines) is 1. The summed E-state index contributed by atoms with van der Waals surface area (Å²) in [7, 11) is 0. The van der Waals surface area contributed by atoms with E-state index >= 15 is 0 Å². The van der Waals surface area contributed by atoms with Crippen LogP contribution in [0.15, 0.2) is 48.5 Å². The van der Waals surface area contributed by atoms with E-state index in [0.29, 0.717) is 22.8 Å². The first-order valence-corrected chi connectivity index (χ1v) is 8.68. The Morgan fingerprint density at radius 3 is 2.56 bits per heavy atom. The van der Waals surface area contributed by atoms with E-state index in [1.54, 1.807) is 24.3 Å². The molecule has 3 rings (SSSR count). The molecule has 0 radical (unpaired) electrons. The van der Waals surface area contributed by atoms with Crippen LogP contribution in [-0.2, 0) is 6.54 Å². The van der Waals surface area contributed by atoms with E-state index in [0.717, 1.165) is 31.5 Å². The molecule has 1 aliphatic rings. The van der Waals surface area contributed by atoms with Gasteiger partial charge in [-0.05, 0) is 48.7 Å². The maximum atomic E-state index is 12.4. The van der Waals surface area contributed by atoms with Gasteiger partial charge in [0.2, 0.25) is 0 Å². The van der Waals surface area contributed by atoms with Crippen LogP contribution in [-0.4, -0.2) is 29.9 Å². The topological polar surface area (TPSA) is 61.4 Å². The number of nitrogens with one attached hydrogen (secondary N) is 2. The first-order chi connectivity index (χ1) is 12.1. The summed E-state index contributed by atoms with van der Waals surface area (Å²) in [6, 6.07) is 14.0. The van der Waals surface area contributed by atoms with Gasteiger partial charge in [-0.15, -0.1) is 0 Å². The molecule has 1 heterocycles. The summed E-state index contributed by atoms with van der Waals surface area (Å²) in [6.07, 6.45) is 2.13. The summed E-state index contributed by atoms with van der Waals surface area (Å²) in [5, 5.41) is 6.07. The van der Waals surface area contributed by atoms with Crippen LogP contribution in [0, 0.1) is 0 Å². The van der Waals surface area contributed by atoms with Crippen molar-refractivity contribution in [3.05, 3.63) is 64.7 Å². The Kier molecular flexibility index (Phi) is 5.56. The summed E-state index contributed by atoms with van der Waals surface area (Å²) in [6.45, 7) is 1.99. The fourth-order valence-electron chi connectivity index (χ4n) is 2.84. The Balaban J connectivity index is 1.56. The van der Waals surface area contributed by atoms with Gasteiger partial charge in [0.25, 0.3) is 5.91 Å². The second kappa shape index (κ2) is 8.03. The van der Waals surface area contributed by atoms with Crippen molar-refractivity contribution in [1.29, 1.82) is 0 Å². The summed E-state index contributed by atoms with van der Waals surface area (Å²) < 4.78 is 0. The third-order valence-corrected chi connectivity index (χ3v) is 4.34. The largest absolute Gasteiger partial charge is 0.339 e. The van der Waals surface area contributed by atoms with Gasteiger partial charge in [0, 0.05) is 35.9 Å². The Bertz CT molecular complexity index is 773. The molecule has 1 aliphatic heterocycles. The number of rotatable bonds is 4. The van der Waals surface area contributed by atoms with Gasteiger partial charge in [-0.1, -0.05) is 29.8 Å². The highest BCUT2D eigenvalue weighted by molar-refractivity contribution is 6.30. The quantitative estimate of drug-likeness (QED) is 0.871. The van der Waals surface area contributed by atoms with Crippen molar-refractivity contribution >= 4 is 29.2 Å². The number of nitrogens with zero attached hydrogens (tertiary/aromatic N) is 1. The van der Waals surface area contributed by atoms with E-state index in [-0.39, 0.29) is 11.9 Å². The minimum atomic E-state index is -0.321. The maximum absolute atomic E-state index is 12.4. The molecule has 0 spiro atoms. The van der Waals surface area contributed by atoms with E-state index < -0.39 is 0 Å². The van der Waals surface area contributed by atoms with E-state index in [1.807, 2.05) is 29.2 Å². The number of amides is 3. The molecule has 2 N–H and O–H groups in total. The van der Waals surface area contributed by atoms with Crippen LogP contribution in [0.1, 0.15) is 28.8 Å². The third kappa shape index (κ3) is 4.73. The maximum Gasteiger partial charge on any atom is 0.319 e. The van der Waals surface area contributed by atoms with Crippen LogP contribution in [0.3, 0.4) is 0 Å². The molecule has 25 heavy (non-hydrogen) atoms. The zero-order chi connectivity index (χ0) is 17.6. The van der Waals surface area contributed by atoms with E-state index in [4.69, 9.17) is 11.6 Å². The van der Waals surface area contributed by atoms with Crippen LogP contribution in [0.25, 0.3) is 0 Å². The van der Waals surface area contributed by atoms with Crippen LogP contribution in [0.4, 0.5) is 10.5 Å². The molecule has 0 aromatic heterocycles. The molecule has 1 saturated heterocycles. The Hall–Kier alpha value is -2.53. The lowest BCUT2D eigenvalue weighted by atomic mass is 10.1. The molecule has 2 aromatic carbocycles. The molecular weight excluding hydrogens is 338 g/mol. The number of urea groups is 1. The number of anilines is 1. The Morgan fingerprint density at radius 1 is 1.04 bits per heavy atom. The van der Waals surface area contributed by atoms with Gasteiger partial charge in [-0.25, -0.2) is 4.79 Å². The van der Waals surface area contributed by atoms with Crippen LogP contribution in [0.5, 0.6) is 0 Å². The summed E-state index contributed by atoms with van der Waals surface area (Å²) in [4.78, 5) is 26.3. The number of carbonyl (C=O) groups is 2. The predicted molar refractivity (Wildman–Crippen MR) is 98.9 cm³/mol. The van der Waals surface area contributed by atoms with Gasteiger partial charge in [0.15, 0.2) is 0 Å². The molecule has 5 nitrogen and oxygen atoms in total. The third-order valence-electron chi connectivity index (χ3n) is 4.10. The highest BCUT2D eigenvalue weighted by atomic mass is 35.5. The standard InChI is InChI=1S/C19H20ClN3O2/c20-16-7-4-8-17(12-16)22-19(25)21-13-14-5-3-6-15(11-14)18(24)23-9-1-2-10-23/h3-8,11-12H,1-2,9-10,13H2,(H2,21,22,25). The number of hydrogen-bond donors (Lipinski definition) is 2. The molecule has 130 valence electrons. The van der Waals surface area contributed by atoms with Gasteiger partial charge in [0.05, 0.1) is 0 Å². The lowest BCUT2D eigenvalue weighted by Gasteiger charge is -2.15. The SMILES string of the molecule is O=C(NCc1cccc(C(=O)N2CCCC2)c1)Nc1cccc(Cl)c1. The Labute approximate surface area is 152 Å². The zero-order valence-electron chi connectivity index (χ0n) is 13.8. The molecule has 0 aliphatic carbocycles. The van der Waals surface area contributed by atoms with Gasteiger partial charge < -0.3 is 15.5 Å². The molecule has 3 amide bonds. The minimum Gasteiger partial charge on any atom is -0.339 e. The van der Waals surface area contributed by atoms with Gasteiger partial charge in [0.1, 0.15) is 0 Å². The number of benzene rings is 2. The second-order valence-electron chi connectivity index (χ2n) is 6.02. The molecule has 0 atom stereocenters. The van der Waals surface area contributed by atoms with Crippen molar-refractivity contribution in [1.82, 2.24) is 10.2 Å². The van der Waals surface area contributed by atoms with Gasteiger partial charge >= 0.3 is 6.03 Å². The average molecular weight is 358 g/mol. The van der Waals surface area contributed by atoms with E-state index in [1.165, 1.54) is 0 Å². The fraction of sp³-hybridized carbons (Fsp3) is 0.263. The first kappa shape index (κ1) is 17.3. The molecule has 1 fully saturated rings. The molecule has 0 unspecified atom stereocenters. The lowest BCUT2D eigenvalue weighted by Crippen LogP contribution is -2.29. The number of hydrogen-bond acceptors (Lipinski definition) is 2.